The second kappa shape index (κ2) is 13.9. The molecule has 11 heteroatoms. The first-order chi connectivity index (χ1) is 19.7. The second-order valence-corrected chi connectivity index (χ2v) is 10.7. The minimum Gasteiger partial charge on any atom is -0.506 e. The lowest BCUT2D eigenvalue weighted by Gasteiger charge is -2.39. The van der Waals surface area contributed by atoms with Crippen molar-refractivity contribution in [2.24, 2.45) is 5.73 Å². The number of nitrogens with two attached hydrogens (primary N) is 1. The van der Waals surface area contributed by atoms with Crippen LogP contribution in [-0.4, -0.2) is 57.6 Å². The zero-order valence-corrected chi connectivity index (χ0v) is 23.7. The van der Waals surface area contributed by atoms with Gasteiger partial charge in [-0.05, 0) is 43.0 Å². The lowest BCUT2D eigenvalue weighted by atomic mass is 9.92. The molecule has 0 aromatic heterocycles. The molecule has 1 aliphatic heterocycles. The van der Waals surface area contributed by atoms with Crippen molar-refractivity contribution in [3.63, 3.8) is 0 Å². The first-order valence-corrected chi connectivity index (χ1v) is 14.0. The Bertz CT molecular complexity index is 1400. The zero-order valence-electron chi connectivity index (χ0n) is 22.2. The Balaban J connectivity index is 1.50. The highest BCUT2D eigenvalue weighted by atomic mass is 35.5. The summed E-state index contributed by atoms with van der Waals surface area (Å²) in [5.74, 6) is -1.46. The molecule has 216 valence electrons. The SMILES string of the molecule is NCC[C@H](NC(=O)[C@@H]1Cc2ccccc2CN1C(O)CCC(=O)c1ccccc1)C(=O)Nc1cc(Cl)c(Cl)cc1O. The molecule has 0 bridgehead atoms. The summed E-state index contributed by atoms with van der Waals surface area (Å²) < 4.78 is 0. The van der Waals surface area contributed by atoms with Gasteiger partial charge in [0.05, 0.1) is 21.8 Å². The van der Waals surface area contributed by atoms with E-state index in [1.807, 2.05) is 30.3 Å². The van der Waals surface area contributed by atoms with Gasteiger partial charge in [0.1, 0.15) is 18.0 Å². The number of ketones is 1. The molecule has 1 unspecified atom stereocenters. The van der Waals surface area contributed by atoms with Crippen molar-refractivity contribution in [3.05, 3.63) is 93.5 Å². The second-order valence-electron chi connectivity index (χ2n) is 9.88. The Labute approximate surface area is 248 Å². The third kappa shape index (κ3) is 7.63. The molecule has 0 saturated heterocycles. The average molecular weight is 600 g/mol. The van der Waals surface area contributed by atoms with Crippen molar-refractivity contribution < 1.29 is 24.6 Å². The number of hydrogen-bond donors (Lipinski definition) is 5. The molecule has 1 aliphatic rings. The van der Waals surface area contributed by atoms with E-state index in [4.69, 9.17) is 28.9 Å². The monoisotopic (exact) mass is 598 g/mol. The minimum absolute atomic E-state index is 0.0346. The van der Waals surface area contributed by atoms with Gasteiger partial charge < -0.3 is 26.6 Å². The highest BCUT2D eigenvalue weighted by Crippen LogP contribution is 2.33. The molecule has 0 saturated carbocycles. The van der Waals surface area contributed by atoms with Crippen LogP contribution < -0.4 is 16.4 Å². The van der Waals surface area contributed by atoms with Crippen LogP contribution in [0.25, 0.3) is 0 Å². The quantitative estimate of drug-likeness (QED) is 0.166. The van der Waals surface area contributed by atoms with Gasteiger partial charge in [0.15, 0.2) is 5.78 Å². The molecule has 0 spiro atoms. The Hall–Kier alpha value is -3.47. The Morgan fingerprint density at radius 3 is 2.34 bits per heavy atom. The van der Waals surface area contributed by atoms with Gasteiger partial charge in [-0.1, -0.05) is 77.8 Å². The van der Waals surface area contributed by atoms with Crippen LogP contribution >= 0.6 is 23.2 Å². The topological polar surface area (TPSA) is 145 Å². The van der Waals surface area contributed by atoms with E-state index in [9.17, 15) is 24.6 Å². The molecular formula is C30H32Cl2N4O5. The predicted octanol–water partition coefficient (Wildman–Crippen LogP) is 3.88. The third-order valence-corrected chi connectivity index (χ3v) is 7.80. The standard InChI is InChI=1S/C30H32Cl2N4O5/c31-21-15-24(27(38)16-22(21)32)35-29(40)23(12-13-33)34-30(41)25-14-19-8-4-5-9-20(19)17-36(25)28(39)11-10-26(37)18-6-2-1-3-7-18/h1-9,15-16,23,25,28,38-39H,10-14,17,33H2,(H,34,41)(H,35,40)/t23-,25-,28?/m0/s1. The summed E-state index contributed by atoms with van der Waals surface area (Å²) >= 11 is 11.9. The van der Waals surface area contributed by atoms with Gasteiger partial charge in [-0.3, -0.25) is 19.3 Å². The molecular weight excluding hydrogens is 567 g/mol. The zero-order chi connectivity index (χ0) is 29.5. The molecule has 2 amide bonds. The number of halogens is 2. The summed E-state index contributed by atoms with van der Waals surface area (Å²) in [4.78, 5) is 41.1. The summed E-state index contributed by atoms with van der Waals surface area (Å²) in [6.45, 7) is 0.396. The van der Waals surface area contributed by atoms with E-state index in [0.717, 1.165) is 11.1 Å². The van der Waals surface area contributed by atoms with Gasteiger partial charge in [0.2, 0.25) is 11.8 Å². The van der Waals surface area contributed by atoms with E-state index in [-0.39, 0.29) is 53.1 Å². The van der Waals surface area contributed by atoms with Crippen LogP contribution in [0.3, 0.4) is 0 Å². The number of aliphatic hydroxyl groups is 1. The molecule has 0 fully saturated rings. The minimum atomic E-state index is -1.08. The van der Waals surface area contributed by atoms with Crippen molar-refractivity contribution in [1.82, 2.24) is 10.2 Å². The maximum Gasteiger partial charge on any atom is 0.247 e. The molecule has 4 rings (SSSR count). The number of nitrogens with one attached hydrogen (secondary N) is 2. The Morgan fingerprint density at radius 2 is 1.63 bits per heavy atom. The number of rotatable bonds is 11. The van der Waals surface area contributed by atoms with Gasteiger partial charge in [-0.15, -0.1) is 0 Å². The molecule has 0 radical (unpaired) electrons. The number of phenols is 1. The van der Waals surface area contributed by atoms with Crippen molar-refractivity contribution in [2.75, 3.05) is 11.9 Å². The molecule has 3 aromatic carbocycles. The fourth-order valence-electron chi connectivity index (χ4n) is 4.85. The van der Waals surface area contributed by atoms with Crippen LogP contribution in [0.4, 0.5) is 5.69 Å². The lowest BCUT2D eigenvalue weighted by molar-refractivity contribution is -0.136. The van der Waals surface area contributed by atoms with Gasteiger partial charge in [0.25, 0.3) is 0 Å². The molecule has 6 N–H and O–H groups in total. The number of aliphatic hydroxyl groups excluding tert-OH is 1. The van der Waals surface area contributed by atoms with Gasteiger partial charge >= 0.3 is 0 Å². The van der Waals surface area contributed by atoms with E-state index in [2.05, 4.69) is 10.6 Å². The van der Waals surface area contributed by atoms with E-state index in [0.29, 0.717) is 18.5 Å². The van der Waals surface area contributed by atoms with Crippen LogP contribution in [0.1, 0.15) is 40.7 Å². The largest absolute Gasteiger partial charge is 0.506 e. The van der Waals surface area contributed by atoms with Crippen molar-refractivity contribution in [3.8, 4) is 5.75 Å². The molecule has 3 atom stereocenters. The normalized spacial score (nSPS) is 16.3. The number of nitrogens with zero attached hydrogens (tertiary/aromatic N) is 1. The molecule has 9 nitrogen and oxygen atoms in total. The van der Waals surface area contributed by atoms with Crippen molar-refractivity contribution in [1.29, 1.82) is 0 Å². The number of fused-ring (bicyclic) bond motifs is 1. The van der Waals surface area contributed by atoms with Crippen molar-refractivity contribution >= 4 is 46.5 Å². The maximum atomic E-state index is 13.7. The maximum absolute atomic E-state index is 13.7. The summed E-state index contributed by atoms with van der Waals surface area (Å²) in [7, 11) is 0. The lowest BCUT2D eigenvalue weighted by Crippen LogP contribution is -2.57. The fourth-order valence-corrected chi connectivity index (χ4v) is 5.18. The molecule has 41 heavy (non-hydrogen) atoms. The van der Waals surface area contributed by atoms with Crippen LogP contribution in [0.15, 0.2) is 66.7 Å². The highest BCUT2D eigenvalue weighted by molar-refractivity contribution is 6.42. The smallest absolute Gasteiger partial charge is 0.247 e. The van der Waals surface area contributed by atoms with E-state index >= 15 is 0 Å². The molecule has 0 aliphatic carbocycles. The number of hydrogen-bond acceptors (Lipinski definition) is 7. The van der Waals surface area contributed by atoms with Gasteiger partial charge in [-0.2, -0.15) is 0 Å². The number of carbonyl (C=O) groups is 3. The first-order valence-electron chi connectivity index (χ1n) is 13.3. The summed E-state index contributed by atoms with van der Waals surface area (Å²) in [6.07, 6.45) is -0.430. The van der Waals surface area contributed by atoms with E-state index in [1.54, 1.807) is 29.2 Å². The molecule has 1 heterocycles. The number of carbonyl (C=O) groups excluding carboxylic acids is 3. The number of aromatic hydroxyl groups is 1. The van der Waals surface area contributed by atoms with Crippen LogP contribution in [0.2, 0.25) is 10.0 Å². The van der Waals surface area contributed by atoms with Gasteiger partial charge in [0, 0.05) is 24.6 Å². The average Bonchev–Trinajstić information content (AvgIpc) is 2.97. The molecule has 3 aromatic rings. The Kier molecular flexibility index (Phi) is 10.4. The number of amides is 2. The third-order valence-electron chi connectivity index (χ3n) is 7.08. The Morgan fingerprint density at radius 1 is 0.976 bits per heavy atom. The number of phenolic OH excluding ortho intramolecular Hbond substituents is 1. The van der Waals surface area contributed by atoms with Crippen LogP contribution in [0, 0.1) is 0 Å². The van der Waals surface area contributed by atoms with Crippen molar-refractivity contribution in [2.45, 2.75) is 50.5 Å². The number of anilines is 1. The van der Waals surface area contributed by atoms with Crippen LogP contribution in [-0.2, 0) is 22.6 Å². The fraction of sp³-hybridized carbons (Fsp3) is 0.300. The summed E-state index contributed by atoms with van der Waals surface area (Å²) in [6, 6.07) is 17.2. The van der Waals surface area contributed by atoms with E-state index < -0.39 is 30.1 Å². The number of benzene rings is 3. The summed E-state index contributed by atoms with van der Waals surface area (Å²) in [5, 5.41) is 27.0. The van der Waals surface area contributed by atoms with Gasteiger partial charge in [-0.25, -0.2) is 0 Å². The van der Waals surface area contributed by atoms with E-state index in [1.165, 1.54) is 12.1 Å². The van der Waals surface area contributed by atoms with Crippen LogP contribution in [0.5, 0.6) is 5.75 Å². The predicted molar refractivity (Wildman–Crippen MR) is 158 cm³/mol. The number of Topliss-reactive ketones (excluding diaryl/α,β-unsaturated/α-hetero) is 1. The highest BCUT2D eigenvalue weighted by Gasteiger charge is 2.37. The summed E-state index contributed by atoms with van der Waals surface area (Å²) in [5.41, 5.74) is 8.26. The first kappa shape index (κ1) is 30.5.